The van der Waals surface area contributed by atoms with Crippen molar-refractivity contribution >= 4 is 81.0 Å². The summed E-state index contributed by atoms with van der Waals surface area (Å²) in [5.41, 5.74) is -3.82. The van der Waals surface area contributed by atoms with Crippen LogP contribution in [0.5, 0.6) is 5.88 Å². The van der Waals surface area contributed by atoms with Crippen LogP contribution in [0.25, 0.3) is 0 Å². The third-order valence-corrected chi connectivity index (χ3v) is 20.1. The number of halogens is 8. The monoisotopic (exact) mass is 1280 g/mol. The normalized spacial score (nSPS) is 24.9. The Bertz CT molecular complexity index is 3160. The minimum Gasteiger partial charge on any atom is -0.477 e. The zero-order valence-corrected chi connectivity index (χ0v) is 51.1. The first-order valence-electron chi connectivity index (χ1n) is 29.3. The van der Waals surface area contributed by atoms with Crippen LogP contribution in [0.3, 0.4) is 0 Å². The van der Waals surface area contributed by atoms with E-state index in [0.29, 0.717) is 116 Å². The average Bonchev–Trinajstić information content (AvgIpc) is 4.18. The number of esters is 1. The van der Waals surface area contributed by atoms with E-state index in [1.165, 1.54) is 25.3 Å². The van der Waals surface area contributed by atoms with Gasteiger partial charge in [-0.3, -0.25) is 14.4 Å². The molecular formula is C61H70Cl2F6N6O9S2. The number of carbonyl (C=O) groups excluding carboxylic acids is 3. The van der Waals surface area contributed by atoms with Crippen molar-refractivity contribution in [3.05, 3.63) is 76.6 Å². The quantitative estimate of drug-likeness (QED) is 0.0771. The maximum Gasteiger partial charge on any atom is 0.405 e. The molecule has 0 aliphatic heterocycles. The zero-order valence-electron chi connectivity index (χ0n) is 48.0. The van der Waals surface area contributed by atoms with Crippen LogP contribution in [0, 0.1) is 58.2 Å². The second-order valence-corrected chi connectivity index (χ2v) is 26.5. The van der Waals surface area contributed by atoms with Gasteiger partial charge in [0.25, 0.3) is 5.56 Å². The first-order valence-corrected chi connectivity index (χ1v) is 31.7. The first kappa shape index (κ1) is 66.2. The molecule has 0 bridgehead atoms. The summed E-state index contributed by atoms with van der Waals surface area (Å²) in [6.45, 7) is 4.33. The predicted octanol–water partition coefficient (Wildman–Crippen LogP) is 14.0. The molecule has 25 heteroatoms. The van der Waals surface area contributed by atoms with Crippen molar-refractivity contribution in [2.45, 2.75) is 192 Å². The lowest BCUT2D eigenvalue weighted by atomic mass is 9.68. The van der Waals surface area contributed by atoms with Crippen LogP contribution in [0.1, 0.15) is 184 Å². The summed E-state index contributed by atoms with van der Waals surface area (Å²) in [5.74, 6) is 9.05. The fourth-order valence-corrected chi connectivity index (χ4v) is 14.0. The van der Waals surface area contributed by atoms with E-state index in [4.69, 9.17) is 32.7 Å². The van der Waals surface area contributed by atoms with E-state index in [1.807, 2.05) is 0 Å². The molecule has 10 rings (SSSR count). The molecule has 4 aromatic rings. The number of carbonyl (C=O) groups is 4. The number of rotatable bonds is 10. The molecule has 3 N–H and O–H groups in total. The predicted molar refractivity (Wildman–Crippen MR) is 314 cm³/mol. The molecule has 0 unspecified atom stereocenters. The number of aliphatic hydroxyl groups excluding tert-OH is 1. The molecule has 0 saturated heterocycles. The maximum absolute atomic E-state index is 14.1. The van der Waals surface area contributed by atoms with Crippen LogP contribution < -0.4 is 20.1 Å². The summed E-state index contributed by atoms with van der Waals surface area (Å²) in [4.78, 5) is 68.3. The molecule has 86 heavy (non-hydrogen) atoms. The molecule has 6 aliphatic rings. The van der Waals surface area contributed by atoms with Crippen molar-refractivity contribution in [3.63, 3.8) is 0 Å². The highest BCUT2D eigenvalue weighted by atomic mass is 35.5. The first-order chi connectivity index (χ1) is 40.8. The third kappa shape index (κ3) is 16.1. The van der Waals surface area contributed by atoms with Crippen molar-refractivity contribution in [2.24, 2.45) is 34.5 Å². The number of aliphatic hydroxyl groups is 1. The number of thiophene rings is 2. The molecule has 6 fully saturated rings. The highest BCUT2D eigenvalue weighted by Gasteiger charge is 2.58. The number of hydrogen-bond acceptors (Lipinski definition) is 13. The minimum absolute atomic E-state index is 0.0271. The Labute approximate surface area is 513 Å². The van der Waals surface area contributed by atoms with E-state index in [-0.39, 0.29) is 93.4 Å². The van der Waals surface area contributed by atoms with Crippen LogP contribution in [0.2, 0.25) is 10.3 Å². The molecule has 4 aromatic heterocycles. The van der Waals surface area contributed by atoms with Gasteiger partial charge in [0.2, 0.25) is 17.7 Å². The number of nitrogens with one attached hydrogen (secondary N) is 1. The van der Waals surface area contributed by atoms with Gasteiger partial charge in [0, 0.05) is 36.1 Å². The van der Waals surface area contributed by atoms with Crippen LogP contribution in [0.15, 0.2) is 41.2 Å². The van der Waals surface area contributed by atoms with Crippen molar-refractivity contribution in [2.75, 3.05) is 16.9 Å². The molecule has 15 nitrogen and oxygen atoms in total. The smallest absolute Gasteiger partial charge is 0.405 e. The number of aromatic amines is 1. The summed E-state index contributed by atoms with van der Waals surface area (Å²) < 4.78 is 92.8. The van der Waals surface area contributed by atoms with Crippen LogP contribution in [-0.2, 0) is 14.3 Å². The number of aromatic carboxylic acids is 1. The number of amides is 2. The van der Waals surface area contributed by atoms with Gasteiger partial charge < -0.3 is 29.5 Å². The second kappa shape index (κ2) is 28.6. The Morgan fingerprint density at radius 3 is 1.45 bits per heavy atom. The van der Waals surface area contributed by atoms with E-state index in [1.54, 1.807) is 28.0 Å². The Hall–Kier alpha value is -5.72. The van der Waals surface area contributed by atoms with Crippen molar-refractivity contribution in [3.8, 4) is 29.6 Å². The summed E-state index contributed by atoms with van der Waals surface area (Å²) in [5, 5.41) is 34.0. The van der Waals surface area contributed by atoms with Crippen LogP contribution in [-0.4, -0.2) is 98.1 Å². The molecule has 466 valence electrons. The Kier molecular flexibility index (Phi) is 22.0. The van der Waals surface area contributed by atoms with E-state index in [9.17, 15) is 60.5 Å². The van der Waals surface area contributed by atoms with Gasteiger partial charge >= 0.3 is 24.3 Å². The summed E-state index contributed by atoms with van der Waals surface area (Å²) in [6, 6.07) is 8.54. The fourth-order valence-electron chi connectivity index (χ4n) is 12.0. The van der Waals surface area contributed by atoms with Gasteiger partial charge in [-0.1, -0.05) is 60.7 Å². The molecule has 0 aromatic carbocycles. The lowest BCUT2D eigenvalue weighted by molar-refractivity contribution is -0.225. The van der Waals surface area contributed by atoms with E-state index >= 15 is 0 Å². The number of alkyl halides is 6. The highest BCUT2D eigenvalue weighted by molar-refractivity contribution is 7.15. The van der Waals surface area contributed by atoms with Gasteiger partial charge in [0.05, 0.1) is 34.3 Å². The van der Waals surface area contributed by atoms with Gasteiger partial charge in [-0.05, 0) is 177 Å². The van der Waals surface area contributed by atoms with Gasteiger partial charge in [-0.2, -0.15) is 26.3 Å². The second-order valence-electron chi connectivity index (χ2n) is 23.6. The van der Waals surface area contributed by atoms with E-state index in [0.717, 1.165) is 61.2 Å². The van der Waals surface area contributed by atoms with Gasteiger partial charge in [-0.15, -0.1) is 38.0 Å². The van der Waals surface area contributed by atoms with Crippen molar-refractivity contribution in [1.29, 1.82) is 0 Å². The van der Waals surface area contributed by atoms with Gasteiger partial charge in [-0.25, -0.2) is 14.7 Å². The lowest BCUT2D eigenvalue weighted by Gasteiger charge is -2.39. The molecule has 0 atom stereocenters. The van der Waals surface area contributed by atoms with Crippen molar-refractivity contribution < 1.29 is 65.2 Å². The molecule has 6 saturated carbocycles. The molecule has 6 aliphatic carbocycles. The molecule has 0 spiro atoms. The summed E-state index contributed by atoms with van der Waals surface area (Å²) >= 11 is 12.6. The standard InChI is InChI=1S/C30H34F3N3O5S.C27H34F3NO4S.C4H2Cl2N2/c1-18-3-5-19(6-4-18)27(38)36(20-7-9-21(10-8-20)41-25-12-11-24(37)34-35-25)23-17-22(42-26(23)28(39)40)13-16-29(14-2-15-29)30(31,32)33;1-17-4-6-18(7-5-17)24(33)31(19-8-10-20(32)11-9-19)22-16-21(36-23(22)25(34)35-2)12-15-26(13-3-14-26)27(28,29)30;5-3-1-2-4(6)8-7-3/h11-12,17-21H,2-10,14-15H2,1H3,(H,34,37)(H,39,40);16-20,32H,3-11,13-14H2,1-2H3;1-2H. The molecule has 0 radical (unpaired) electrons. The van der Waals surface area contributed by atoms with Gasteiger partial charge in [0.15, 0.2) is 10.3 Å². The SMILES string of the molecule is CC1CCC(C(=O)N(c2cc(C#CC3(C(F)(F)F)CCC3)sc2C(=O)O)C2CCC(Oc3ccc(=O)[nH]n3)CC2)CC1.COC(=O)c1sc(C#CC2(C(F)(F)F)CCC2)cc1N(C(=O)C1CCC(C)CC1)C1CCC(O)CC1.Clc1ccc(Cl)nn1. The summed E-state index contributed by atoms with van der Waals surface area (Å²) in [6.07, 6.45) is 2.41. The number of nitrogens with zero attached hydrogens (tertiary/aromatic N) is 5. The highest BCUT2D eigenvalue weighted by Crippen LogP contribution is 2.54. The Balaban J connectivity index is 0.000000199. The summed E-state index contributed by atoms with van der Waals surface area (Å²) in [7, 11) is 1.25. The molecule has 2 amide bonds. The number of anilines is 2. The van der Waals surface area contributed by atoms with E-state index in [2.05, 4.69) is 57.9 Å². The van der Waals surface area contributed by atoms with Crippen molar-refractivity contribution in [1.82, 2.24) is 20.4 Å². The number of hydrogen-bond donors (Lipinski definition) is 3. The third-order valence-electron chi connectivity index (χ3n) is 17.6. The Morgan fingerprint density at radius 1 is 0.651 bits per heavy atom. The fraction of sp³-hybridized carbons (Fsp3) is 0.607. The largest absolute Gasteiger partial charge is 0.477 e. The number of carboxylic acids is 1. The van der Waals surface area contributed by atoms with Gasteiger partial charge in [0.1, 0.15) is 26.7 Å². The van der Waals surface area contributed by atoms with Crippen LogP contribution in [0.4, 0.5) is 37.7 Å². The minimum atomic E-state index is -4.46. The number of H-pyrrole nitrogens is 1. The Morgan fingerprint density at radius 2 is 1.08 bits per heavy atom. The zero-order chi connectivity index (χ0) is 62.1. The van der Waals surface area contributed by atoms with Crippen LogP contribution >= 0.6 is 45.9 Å². The maximum atomic E-state index is 14.1. The van der Waals surface area contributed by atoms with E-state index < -0.39 is 41.2 Å². The molecular weight excluding hydrogens is 1210 g/mol. The lowest BCUT2D eigenvalue weighted by Crippen LogP contribution is -2.47. The number of methoxy groups -OCH3 is 1. The number of carboxylic acid groups (broad SMARTS) is 1. The topological polar surface area (TPSA) is 205 Å². The average molecular weight is 1280 g/mol. The number of aromatic nitrogens is 4. The number of ether oxygens (including phenoxy) is 2. The molecule has 4 heterocycles.